The van der Waals surface area contributed by atoms with E-state index in [2.05, 4.69) is 4.99 Å². The lowest BCUT2D eigenvalue weighted by atomic mass is 9.72. The number of aliphatic imine (C=N–C) groups is 1. The van der Waals surface area contributed by atoms with E-state index in [9.17, 15) is 13.6 Å². The third kappa shape index (κ3) is 2.27. The Morgan fingerprint density at radius 2 is 2.00 bits per heavy atom. The molecule has 4 nitrogen and oxygen atoms in total. The Morgan fingerprint density at radius 1 is 1.30 bits per heavy atom. The van der Waals surface area contributed by atoms with Crippen LogP contribution in [0.2, 0.25) is 0 Å². The lowest BCUT2D eigenvalue weighted by Gasteiger charge is -2.37. The third-order valence-electron chi connectivity index (χ3n) is 3.72. The molecule has 1 saturated carbocycles. The average Bonchev–Trinajstić information content (AvgIpc) is 2.41. The lowest BCUT2D eigenvalue weighted by molar-refractivity contribution is 0.145. The van der Waals surface area contributed by atoms with Crippen LogP contribution in [0, 0.1) is 0 Å². The molecule has 0 spiro atoms. The molecule has 1 aliphatic carbocycles. The molecule has 0 radical (unpaired) electrons. The fourth-order valence-corrected chi connectivity index (χ4v) is 2.49. The molecule has 6 heteroatoms. The van der Waals surface area contributed by atoms with Crippen LogP contribution in [0.5, 0.6) is 11.5 Å². The van der Waals surface area contributed by atoms with Gasteiger partial charge in [-0.2, -0.15) is 4.99 Å². The zero-order chi connectivity index (χ0) is 14.8. The number of methoxy groups -OCH3 is 2. The van der Waals surface area contributed by atoms with Crippen LogP contribution in [0.1, 0.15) is 36.8 Å². The van der Waals surface area contributed by atoms with Gasteiger partial charge >= 0.3 is 0 Å². The van der Waals surface area contributed by atoms with Gasteiger partial charge < -0.3 is 9.47 Å². The van der Waals surface area contributed by atoms with Crippen molar-refractivity contribution in [3.8, 4) is 11.5 Å². The highest BCUT2D eigenvalue weighted by atomic mass is 19.3. The van der Waals surface area contributed by atoms with Gasteiger partial charge in [0.25, 0.3) is 6.43 Å². The maximum Gasteiger partial charge on any atom is 0.267 e. The van der Waals surface area contributed by atoms with Crippen LogP contribution in [0.15, 0.2) is 17.1 Å². The monoisotopic (exact) mass is 283 g/mol. The minimum absolute atomic E-state index is 0.0100. The first-order valence-electron chi connectivity index (χ1n) is 6.21. The van der Waals surface area contributed by atoms with Gasteiger partial charge in [0.1, 0.15) is 0 Å². The van der Waals surface area contributed by atoms with Crippen molar-refractivity contribution < 1.29 is 23.0 Å². The van der Waals surface area contributed by atoms with Crippen LogP contribution in [0.25, 0.3) is 0 Å². The summed E-state index contributed by atoms with van der Waals surface area (Å²) in [5.74, 6) is 0.225. The Morgan fingerprint density at radius 3 is 2.40 bits per heavy atom. The lowest BCUT2D eigenvalue weighted by Crippen LogP contribution is -2.32. The summed E-state index contributed by atoms with van der Waals surface area (Å²) in [7, 11) is 2.69. The summed E-state index contributed by atoms with van der Waals surface area (Å²) < 4.78 is 36.4. The Hall–Kier alpha value is -1.94. The van der Waals surface area contributed by atoms with Crippen molar-refractivity contribution in [1.82, 2.24) is 0 Å². The highest BCUT2D eigenvalue weighted by molar-refractivity contribution is 5.53. The Balaban J connectivity index is 2.60. The highest BCUT2D eigenvalue weighted by Gasteiger charge is 2.40. The standard InChI is InChI=1S/C14H15F2NO3/c1-19-11-7-9(14(17-8-18)4-3-5-14)6-10(13(15)16)12(11)20-2/h6-7,13H,3-5H2,1-2H3. The van der Waals surface area contributed by atoms with Gasteiger partial charge in [-0.15, -0.1) is 0 Å². The van der Waals surface area contributed by atoms with Crippen molar-refractivity contribution in [1.29, 1.82) is 0 Å². The number of hydrogen-bond donors (Lipinski definition) is 0. The van der Waals surface area contributed by atoms with E-state index in [0.29, 0.717) is 18.4 Å². The number of benzene rings is 1. The molecule has 0 heterocycles. The molecule has 0 amide bonds. The second-order valence-corrected chi connectivity index (χ2v) is 4.69. The van der Waals surface area contributed by atoms with Gasteiger partial charge in [0.15, 0.2) is 11.5 Å². The van der Waals surface area contributed by atoms with Crippen LogP contribution in [-0.4, -0.2) is 20.3 Å². The summed E-state index contributed by atoms with van der Waals surface area (Å²) in [5.41, 5.74) is -0.459. The van der Waals surface area contributed by atoms with Crippen LogP contribution >= 0.6 is 0 Å². The molecule has 0 bridgehead atoms. The molecule has 108 valence electrons. The summed E-state index contributed by atoms with van der Waals surface area (Å²) in [6, 6.07) is 2.94. The van der Waals surface area contributed by atoms with Crippen molar-refractivity contribution in [3.05, 3.63) is 23.3 Å². The predicted molar refractivity (Wildman–Crippen MR) is 68.2 cm³/mol. The van der Waals surface area contributed by atoms with E-state index in [1.165, 1.54) is 26.4 Å². The second-order valence-electron chi connectivity index (χ2n) is 4.69. The molecular formula is C14H15F2NO3. The fourth-order valence-electron chi connectivity index (χ4n) is 2.49. The van der Waals surface area contributed by atoms with Crippen molar-refractivity contribution in [2.45, 2.75) is 31.2 Å². The molecule has 1 aromatic rings. The fraction of sp³-hybridized carbons (Fsp3) is 0.500. The number of nitrogens with zero attached hydrogens (tertiary/aromatic N) is 1. The van der Waals surface area contributed by atoms with Gasteiger partial charge in [-0.1, -0.05) is 0 Å². The van der Waals surface area contributed by atoms with Crippen LogP contribution < -0.4 is 9.47 Å². The average molecular weight is 283 g/mol. The first-order valence-corrected chi connectivity index (χ1v) is 6.21. The van der Waals surface area contributed by atoms with Gasteiger partial charge in [-0.05, 0) is 37.0 Å². The molecule has 0 unspecified atom stereocenters. The number of hydrogen-bond acceptors (Lipinski definition) is 4. The Bertz CT molecular complexity index is 550. The van der Waals surface area contributed by atoms with Gasteiger partial charge in [-0.25, -0.2) is 13.6 Å². The summed E-state index contributed by atoms with van der Waals surface area (Å²) in [4.78, 5) is 14.4. The molecule has 0 atom stereocenters. The molecule has 0 saturated heterocycles. The van der Waals surface area contributed by atoms with Crippen molar-refractivity contribution in [2.24, 2.45) is 4.99 Å². The van der Waals surface area contributed by atoms with E-state index >= 15 is 0 Å². The number of isocyanates is 1. The summed E-state index contributed by atoms with van der Waals surface area (Å²) >= 11 is 0. The predicted octanol–water partition coefficient (Wildman–Crippen LogP) is 3.36. The maximum atomic E-state index is 13.2. The normalized spacial score (nSPS) is 16.2. The Kier molecular flexibility index (Phi) is 4.04. The van der Waals surface area contributed by atoms with E-state index in [1.807, 2.05) is 0 Å². The molecule has 1 aromatic carbocycles. The number of alkyl halides is 2. The van der Waals surface area contributed by atoms with Crippen LogP contribution in [0.3, 0.4) is 0 Å². The summed E-state index contributed by atoms with van der Waals surface area (Å²) in [6.45, 7) is 0. The first-order chi connectivity index (χ1) is 9.57. The van der Waals surface area contributed by atoms with E-state index in [-0.39, 0.29) is 17.1 Å². The third-order valence-corrected chi connectivity index (χ3v) is 3.72. The first kappa shape index (κ1) is 14.5. The van der Waals surface area contributed by atoms with Crippen LogP contribution in [-0.2, 0) is 10.3 Å². The molecule has 0 aromatic heterocycles. The minimum Gasteiger partial charge on any atom is -0.493 e. The summed E-state index contributed by atoms with van der Waals surface area (Å²) in [6.07, 6.45) is 1.01. The molecule has 2 rings (SSSR count). The van der Waals surface area contributed by atoms with Crippen molar-refractivity contribution in [2.75, 3.05) is 14.2 Å². The molecular weight excluding hydrogens is 268 g/mol. The smallest absolute Gasteiger partial charge is 0.267 e. The molecule has 1 fully saturated rings. The number of halogens is 2. The topological polar surface area (TPSA) is 47.9 Å². The molecule has 20 heavy (non-hydrogen) atoms. The number of ether oxygens (including phenoxy) is 2. The van der Waals surface area contributed by atoms with E-state index < -0.39 is 12.0 Å². The van der Waals surface area contributed by atoms with Gasteiger partial charge in [0, 0.05) is 0 Å². The highest BCUT2D eigenvalue weighted by Crippen LogP contribution is 2.48. The quantitative estimate of drug-likeness (QED) is 0.615. The molecule has 1 aliphatic rings. The number of rotatable bonds is 5. The second kappa shape index (κ2) is 5.59. The zero-order valence-corrected chi connectivity index (χ0v) is 11.3. The van der Waals surface area contributed by atoms with Gasteiger partial charge in [0.2, 0.25) is 6.08 Å². The number of carbonyl (C=O) groups excluding carboxylic acids is 1. The van der Waals surface area contributed by atoms with E-state index in [1.54, 1.807) is 6.07 Å². The summed E-state index contributed by atoms with van der Waals surface area (Å²) in [5, 5.41) is 0. The van der Waals surface area contributed by atoms with E-state index in [4.69, 9.17) is 9.47 Å². The van der Waals surface area contributed by atoms with E-state index in [0.717, 1.165) is 6.42 Å². The van der Waals surface area contributed by atoms with Crippen molar-refractivity contribution >= 4 is 6.08 Å². The van der Waals surface area contributed by atoms with Gasteiger partial charge in [0.05, 0.1) is 25.3 Å². The largest absolute Gasteiger partial charge is 0.493 e. The molecule has 0 N–H and O–H groups in total. The van der Waals surface area contributed by atoms with Crippen molar-refractivity contribution in [3.63, 3.8) is 0 Å². The molecule has 0 aliphatic heterocycles. The minimum atomic E-state index is -2.70. The van der Waals surface area contributed by atoms with Gasteiger partial charge in [-0.3, -0.25) is 0 Å². The SMILES string of the molecule is COc1cc(C2(N=C=O)CCC2)cc(C(F)F)c1OC. The maximum absolute atomic E-state index is 13.2. The zero-order valence-electron chi connectivity index (χ0n) is 11.3. The Labute approximate surface area is 115 Å². The van der Waals surface area contributed by atoms with Crippen LogP contribution in [0.4, 0.5) is 8.78 Å².